The van der Waals surface area contributed by atoms with Crippen molar-refractivity contribution in [3.8, 4) is 0 Å². The zero-order valence-corrected chi connectivity index (χ0v) is 11.5. The zero-order valence-electron chi connectivity index (χ0n) is 9.83. The highest BCUT2D eigenvalue weighted by molar-refractivity contribution is 7.90. The van der Waals surface area contributed by atoms with Crippen LogP contribution < -0.4 is 4.72 Å². The maximum Gasteiger partial charge on any atom is 0.136 e. The summed E-state index contributed by atoms with van der Waals surface area (Å²) in [5.74, 6) is 0. The topological polar surface area (TPSA) is 48.0 Å². The van der Waals surface area contributed by atoms with Gasteiger partial charge in [0.05, 0.1) is 0 Å². The van der Waals surface area contributed by atoms with Gasteiger partial charge in [0.2, 0.25) is 0 Å². The molecule has 0 bridgehead atoms. The van der Waals surface area contributed by atoms with E-state index in [0.717, 1.165) is 5.01 Å². The van der Waals surface area contributed by atoms with Crippen LogP contribution in [0, 0.1) is 6.92 Å². The lowest BCUT2D eigenvalue weighted by Crippen LogP contribution is -2.40. The van der Waals surface area contributed by atoms with E-state index in [-0.39, 0.29) is 10.8 Å². The smallest absolute Gasteiger partial charge is 0.136 e. The largest absolute Gasteiger partial charge is 0.598 e. The van der Waals surface area contributed by atoms with Gasteiger partial charge in [0.1, 0.15) is 15.8 Å². The second kappa shape index (κ2) is 4.82. The summed E-state index contributed by atoms with van der Waals surface area (Å²) in [6, 6.07) is 0.0451. The molecular formula is C10H18N2OS2. The van der Waals surface area contributed by atoms with Crippen molar-refractivity contribution < 1.29 is 4.55 Å². The predicted molar refractivity (Wildman–Crippen MR) is 66.3 cm³/mol. The van der Waals surface area contributed by atoms with Gasteiger partial charge in [-0.15, -0.1) is 16.1 Å². The summed E-state index contributed by atoms with van der Waals surface area (Å²) in [6.45, 7) is 9.87. The maximum atomic E-state index is 11.8. The van der Waals surface area contributed by atoms with Gasteiger partial charge in [-0.25, -0.2) is 4.98 Å². The van der Waals surface area contributed by atoms with Gasteiger partial charge in [0.25, 0.3) is 0 Å². The molecule has 1 unspecified atom stereocenters. The molecule has 15 heavy (non-hydrogen) atoms. The minimum absolute atomic E-state index is 0.0451. The number of rotatable bonds is 3. The molecule has 3 nitrogen and oxygen atoms in total. The van der Waals surface area contributed by atoms with Crippen molar-refractivity contribution in [2.45, 2.75) is 45.4 Å². The van der Waals surface area contributed by atoms with Gasteiger partial charge in [0.15, 0.2) is 0 Å². The Morgan fingerprint density at radius 2 is 2.13 bits per heavy atom. The summed E-state index contributed by atoms with van der Waals surface area (Å²) in [6.07, 6.45) is 1.85. The third-order valence-electron chi connectivity index (χ3n) is 1.85. The zero-order chi connectivity index (χ0) is 11.6. The number of hydrogen-bond donors (Lipinski definition) is 1. The van der Waals surface area contributed by atoms with Crippen LogP contribution in [0.3, 0.4) is 0 Å². The molecule has 1 heterocycles. The van der Waals surface area contributed by atoms with Crippen LogP contribution in [0.1, 0.15) is 43.6 Å². The molecule has 0 amide bonds. The van der Waals surface area contributed by atoms with Crippen molar-refractivity contribution in [2.24, 2.45) is 0 Å². The highest BCUT2D eigenvalue weighted by Gasteiger charge is 2.28. The van der Waals surface area contributed by atoms with Gasteiger partial charge < -0.3 is 4.55 Å². The number of hydrogen-bond acceptors (Lipinski definition) is 4. The average molecular weight is 246 g/mol. The van der Waals surface area contributed by atoms with Crippen molar-refractivity contribution in [3.05, 3.63) is 16.1 Å². The molecule has 0 radical (unpaired) electrons. The summed E-state index contributed by atoms with van der Waals surface area (Å²) < 4.78 is 14.7. The van der Waals surface area contributed by atoms with Gasteiger partial charge >= 0.3 is 0 Å². The summed E-state index contributed by atoms with van der Waals surface area (Å²) in [7, 11) is 0. The molecule has 0 aromatic carbocycles. The van der Waals surface area contributed by atoms with Crippen LogP contribution in [0.2, 0.25) is 0 Å². The normalized spacial score (nSPS) is 16.4. The number of nitrogens with one attached hydrogen (secondary N) is 1. The SMILES string of the molecule is Cc1cnc([C@H](C)N[S+]([O-])C(C)(C)C)s1. The molecular weight excluding hydrogens is 228 g/mol. The summed E-state index contributed by atoms with van der Waals surface area (Å²) in [5, 5.41) is 0.991. The van der Waals surface area contributed by atoms with E-state index in [1.54, 1.807) is 11.3 Å². The molecule has 1 aromatic heterocycles. The molecule has 0 saturated carbocycles. The minimum Gasteiger partial charge on any atom is -0.598 e. The number of aromatic nitrogens is 1. The Morgan fingerprint density at radius 1 is 1.53 bits per heavy atom. The molecule has 5 heteroatoms. The molecule has 1 aromatic rings. The fraction of sp³-hybridized carbons (Fsp3) is 0.700. The molecule has 0 fully saturated rings. The van der Waals surface area contributed by atoms with E-state index in [2.05, 4.69) is 9.71 Å². The van der Waals surface area contributed by atoms with E-state index in [1.807, 2.05) is 40.8 Å². The van der Waals surface area contributed by atoms with Crippen LogP contribution in [0.25, 0.3) is 0 Å². The van der Waals surface area contributed by atoms with Crippen molar-refractivity contribution in [1.82, 2.24) is 9.71 Å². The first-order valence-electron chi connectivity index (χ1n) is 4.91. The van der Waals surface area contributed by atoms with E-state index in [4.69, 9.17) is 0 Å². The van der Waals surface area contributed by atoms with Gasteiger partial charge in [-0.05, 0) is 34.6 Å². The molecule has 0 aliphatic carbocycles. The second-order valence-corrected chi connectivity index (χ2v) is 7.79. The van der Waals surface area contributed by atoms with Crippen LogP contribution in [0.15, 0.2) is 6.20 Å². The van der Waals surface area contributed by atoms with Crippen LogP contribution in [0.5, 0.6) is 0 Å². The fourth-order valence-electron chi connectivity index (χ4n) is 0.960. The van der Waals surface area contributed by atoms with Crippen molar-refractivity contribution in [3.63, 3.8) is 0 Å². The Kier molecular flexibility index (Phi) is 4.17. The molecule has 0 aliphatic rings. The van der Waals surface area contributed by atoms with Crippen molar-refractivity contribution in [2.75, 3.05) is 0 Å². The van der Waals surface area contributed by atoms with E-state index >= 15 is 0 Å². The number of nitrogens with zero attached hydrogens (tertiary/aromatic N) is 1. The van der Waals surface area contributed by atoms with Crippen molar-refractivity contribution >= 4 is 22.7 Å². The third kappa shape index (κ3) is 3.75. The van der Waals surface area contributed by atoms with Crippen LogP contribution in [0.4, 0.5) is 0 Å². The third-order valence-corrected chi connectivity index (χ3v) is 4.63. The first-order valence-corrected chi connectivity index (χ1v) is 6.87. The molecule has 0 saturated heterocycles. The lowest BCUT2D eigenvalue weighted by molar-refractivity contribution is 0.531. The van der Waals surface area contributed by atoms with E-state index in [9.17, 15) is 4.55 Å². The number of thiazole rings is 1. The van der Waals surface area contributed by atoms with Gasteiger partial charge in [-0.2, -0.15) is 0 Å². The fourth-order valence-corrected chi connectivity index (χ4v) is 2.60. The molecule has 0 spiro atoms. The van der Waals surface area contributed by atoms with Gasteiger partial charge in [-0.3, -0.25) is 0 Å². The lowest BCUT2D eigenvalue weighted by atomic mass is 10.3. The molecule has 2 atom stereocenters. The van der Waals surface area contributed by atoms with Gasteiger partial charge in [-0.1, -0.05) is 0 Å². The molecule has 1 N–H and O–H groups in total. The summed E-state index contributed by atoms with van der Waals surface area (Å²) in [4.78, 5) is 5.45. The average Bonchev–Trinajstić information content (AvgIpc) is 2.50. The lowest BCUT2D eigenvalue weighted by Gasteiger charge is -2.25. The Bertz CT molecular complexity index is 319. The van der Waals surface area contributed by atoms with E-state index in [0.29, 0.717) is 0 Å². The van der Waals surface area contributed by atoms with E-state index in [1.165, 1.54) is 4.88 Å². The summed E-state index contributed by atoms with van der Waals surface area (Å²) >= 11 is 0.598. The number of aryl methyl sites for hydroxylation is 1. The first-order chi connectivity index (χ1) is 6.80. The van der Waals surface area contributed by atoms with Gasteiger partial charge in [0, 0.05) is 22.4 Å². The highest BCUT2D eigenvalue weighted by Crippen LogP contribution is 2.22. The van der Waals surface area contributed by atoms with Crippen LogP contribution in [-0.4, -0.2) is 14.3 Å². The predicted octanol–water partition coefficient (Wildman–Crippen LogP) is 2.56. The highest BCUT2D eigenvalue weighted by atomic mass is 32.2. The minimum atomic E-state index is -1.04. The maximum absolute atomic E-state index is 11.8. The van der Waals surface area contributed by atoms with Crippen molar-refractivity contribution in [1.29, 1.82) is 0 Å². The van der Waals surface area contributed by atoms with Crippen LogP contribution in [-0.2, 0) is 11.4 Å². The Morgan fingerprint density at radius 3 is 2.53 bits per heavy atom. The standard InChI is InChI=1S/C10H18N2OS2/c1-7-6-11-9(14-7)8(2)12-15(13)10(3,4)5/h6,8,12H,1-5H3/t8-,15?/m0/s1. The summed E-state index contributed by atoms with van der Waals surface area (Å²) in [5.41, 5.74) is 0. The second-order valence-electron chi connectivity index (χ2n) is 4.53. The molecule has 86 valence electrons. The molecule has 0 aliphatic heterocycles. The monoisotopic (exact) mass is 246 g/mol. The Hall–Kier alpha value is -0.100. The van der Waals surface area contributed by atoms with Crippen LogP contribution >= 0.6 is 11.3 Å². The first kappa shape index (κ1) is 13.0. The van der Waals surface area contributed by atoms with E-state index < -0.39 is 11.4 Å². The Labute approximate surface area is 98.6 Å². The Balaban J connectivity index is 2.60. The quantitative estimate of drug-likeness (QED) is 0.834. The molecule has 1 rings (SSSR count).